The van der Waals surface area contributed by atoms with Gasteiger partial charge < -0.3 is 15.4 Å². The highest BCUT2D eigenvalue weighted by Crippen LogP contribution is 2.24. The van der Waals surface area contributed by atoms with Crippen LogP contribution in [-0.2, 0) is 0 Å². The molecule has 0 radical (unpaired) electrons. The Kier molecular flexibility index (Phi) is 4.40. The Hall–Kier alpha value is -2.30. The van der Waals surface area contributed by atoms with Gasteiger partial charge in [0.25, 0.3) is 0 Å². The van der Waals surface area contributed by atoms with E-state index in [-0.39, 0.29) is 0 Å². The second-order valence-corrected chi connectivity index (χ2v) is 4.55. The fraction of sp³-hybridized carbons (Fsp3) is 0.333. The van der Waals surface area contributed by atoms with E-state index in [9.17, 15) is 0 Å². The lowest BCUT2D eigenvalue weighted by atomic mass is 10.2. The summed E-state index contributed by atoms with van der Waals surface area (Å²) in [5.41, 5.74) is 3.03. The molecule has 0 aliphatic heterocycles. The van der Waals surface area contributed by atoms with Crippen molar-refractivity contribution in [1.29, 1.82) is 0 Å². The maximum atomic E-state index is 5.21. The van der Waals surface area contributed by atoms with E-state index in [0.29, 0.717) is 5.95 Å². The van der Waals surface area contributed by atoms with Gasteiger partial charge in [0.1, 0.15) is 11.6 Å². The second kappa shape index (κ2) is 6.23. The molecule has 1 aromatic heterocycles. The first kappa shape index (κ1) is 14.1. The molecule has 0 aliphatic rings. The molecule has 0 atom stereocenters. The number of hydrogen-bond acceptors (Lipinski definition) is 5. The van der Waals surface area contributed by atoms with E-state index in [4.69, 9.17) is 4.74 Å². The molecule has 0 bridgehead atoms. The van der Waals surface area contributed by atoms with Crippen LogP contribution in [-0.4, -0.2) is 23.6 Å². The number of aryl methyl sites for hydroxylation is 2. The zero-order chi connectivity index (χ0) is 14.5. The molecule has 20 heavy (non-hydrogen) atoms. The Labute approximate surface area is 119 Å². The largest absolute Gasteiger partial charge is 0.497 e. The van der Waals surface area contributed by atoms with Crippen molar-refractivity contribution >= 4 is 17.5 Å². The average molecular weight is 272 g/mol. The van der Waals surface area contributed by atoms with Crippen molar-refractivity contribution < 1.29 is 4.74 Å². The second-order valence-electron chi connectivity index (χ2n) is 4.55. The minimum Gasteiger partial charge on any atom is -0.497 e. The fourth-order valence-corrected chi connectivity index (χ4v) is 1.91. The van der Waals surface area contributed by atoms with Gasteiger partial charge in [0, 0.05) is 24.0 Å². The van der Waals surface area contributed by atoms with Crippen LogP contribution in [0.4, 0.5) is 17.5 Å². The van der Waals surface area contributed by atoms with Crippen molar-refractivity contribution in [2.75, 3.05) is 24.3 Å². The van der Waals surface area contributed by atoms with Crippen molar-refractivity contribution in [2.24, 2.45) is 0 Å². The van der Waals surface area contributed by atoms with Crippen LogP contribution >= 0.6 is 0 Å². The molecule has 0 aliphatic carbocycles. The van der Waals surface area contributed by atoms with Crippen LogP contribution in [0.15, 0.2) is 24.3 Å². The Bertz CT molecular complexity index is 598. The summed E-state index contributed by atoms with van der Waals surface area (Å²) in [5, 5.41) is 6.44. The Morgan fingerprint density at radius 1 is 1.15 bits per heavy atom. The SMILES string of the molecule is CCNc1nc(C)cc(Nc2ccc(OC)cc2C)n1. The van der Waals surface area contributed by atoms with Crippen LogP contribution in [0.1, 0.15) is 18.2 Å². The molecular weight excluding hydrogens is 252 g/mol. The van der Waals surface area contributed by atoms with E-state index in [0.717, 1.165) is 35.1 Å². The molecule has 0 saturated carbocycles. The first-order valence-electron chi connectivity index (χ1n) is 6.63. The topological polar surface area (TPSA) is 59.1 Å². The zero-order valence-corrected chi connectivity index (χ0v) is 12.3. The fourth-order valence-electron chi connectivity index (χ4n) is 1.91. The summed E-state index contributed by atoms with van der Waals surface area (Å²) < 4.78 is 5.21. The summed E-state index contributed by atoms with van der Waals surface area (Å²) in [6.45, 7) is 6.80. The van der Waals surface area contributed by atoms with Crippen LogP contribution in [0.25, 0.3) is 0 Å². The highest BCUT2D eigenvalue weighted by molar-refractivity contribution is 5.62. The van der Waals surface area contributed by atoms with Gasteiger partial charge in [-0.3, -0.25) is 0 Å². The summed E-state index contributed by atoms with van der Waals surface area (Å²) in [5.74, 6) is 2.27. The Balaban J connectivity index is 2.25. The molecule has 5 nitrogen and oxygen atoms in total. The van der Waals surface area contributed by atoms with Crippen LogP contribution in [0, 0.1) is 13.8 Å². The van der Waals surface area contributed by atoms with E-state index >= 15 is 0 Å². The van der Waals surface area contributed by atoms with Gasteiger partial charge in [0.15, 0.2) is 0 Å². The number of ether oxygens (including phenoxy) is 1. The van der Waals surface area contributed by atoms with Crippen molar-refractivity contribution in [3.63, 3.8) is 0 Å². The molecule has 1 aromatic carbocycles. The maximum Gasteiger partial charge on any atom is 0.224 e. The van der Waals surface area contributed by atoms with Gasteiger partial charge in [-0.15, -0.1) is 0 Å². The van der Waals surface area contributed by atoms with Crippen molar-refractivity contribution in [3.05, 3.63) is 35.5 Å². The van der Waals surface area contributed by atoms with Crippen molar-refractivity contribution in [3.8, 4) is 5.75 Å². The Morgan fingerprint density at radius 3 is 2.60 bits per heavy atom. The predicted molar refractivity (Wildman–Crippen MR) is 81.9 cm³/mol. The molecule has 2 rings (SSSR count). The number of hydrogen-bond donors (Lipinski definition) is 2. The first-order chi connectivity index (χ1) is 9.62. The van der Waals surface area contributed by atoms with Gasteiger partial charge in [0.05, 0.1) is 7.11 Å². The number of rotatable bonds is 5. The number of methoxy groups -OCH3 is 1. The average Bonchev–Trinajstić information content (AvgIpc) is 2.41. The van der Waals surface area contributed by atoms with E-state index in [1.807, 2.05) is 45.0 Å². The van der Waals surface area contributed by atoms with E-state index in [1.165, 1.54) is 0 Å². The highest BCUT2D eigenvalue weighted by Gasteiger charge is 2.05. The lowest BCUT2D eigenvalue weighted by Gasteiger charge is -2.12. The van der Waals surface area contributed by atoms with Crippen LogP contribution in [0.2, 0.25) is 0 Å². The lowest BCUT2D eigenvalue weighted by molar-refractivity contribution is 0.414. The third-order valence-electron chi connectivity index (χ3n) is 2.89. The molecular formula is C15H20N4O. The van der Waals surface area contributed by atoms with E-state index in [1.54, 1.807) is 7.11 Å². The molecule has 2 N–H and O–H groups in total. The molecule has 0 amide bonds. The maximum absolute atomic E-state index is 5.21. The number of nitrogens with one attached hydrogen (secondary N) is 2. The standard InChI is InChI=1S/C15H20N4O/c1-5-16-15-17-11(3)9-14(19-15)18-13-7-6-12(20-4)8-10(13)2/h6-9H,5H2,1-4H3,(H2,16,17,18,19). The summed E-state index contributed by atoms with van der Waals surface area (Å²) in [4.78, 5) is 8.77. The monoisotopic (exact) mass is 272 g/mol. The smallest absolute Gasteiger partial charge is 0.224 e. The number of nitrogens with zero attached hydrogens (tertiary/aromatic N) is 2. The minimum atomic E-state index is 0.640. The molecule has 0 unspecified atom stereocenters. The summed E-state index contributed by atoms with van der Waals surface area (Å²) in [6.07, 6.45) is 0. The van der Waals surface area contributed by atoms with Gasteiger partial charge in [-0.1, -0.05) is 0 Å². The van der Waals surface area contributed by atoms with Gasteiger partial charge in [-0.25, -0.2) is 4.98 Å². The molecule has 1 heterocycles. The Morgan fingerprint density at radius 2 is 1.95 bits per heavy atom. The van der Waals surface area contributed by atoms with Crippen LogP contribution < -0.4 is 15.4 Å². The van der Waals surface area contributed by atoms with Gasteiger partial charge >= 0.3 is 0 Å². The third-order valence-corrected chi connectivity index (χ3v) is 2.89. The van der Waals surface area contributed by atoms with Crippen LogP contribution in [0.3, 0.4) is 0 Å². The van der Waals surface area contributed by atoms with Gasteiger partial charge in [-0.2, -0.15) is 4.98 Å². The molecule has 2 aromatic rings. The lowest BCUT2D eigenvalue weighted by Crippen LogP contribution is -2.05. The number of aromatic nitrogens is 2. The normalized spacial score (nSPS) is 10.2. The third kappa shape index (κ3) is 3.38. The molecule has 0 saturated heterocycles. The number of benzene rings is 1. The summed E-state index contributed by atoms with van der Waals surface area (Å²) in [7, 11) is 1.67. The number of anilines is 3. The van der Waals surface area contributed by atoms with Crippen molar-refractivity contribution in [2.45, 2.75) is 20.8 Å². The predicted octanol–water partition coefficient (Wildman–Crippen LogP) is 3.28. The van der Waals surface area contributed by atoms with E-state index in [2.05, 4.69) is 20.6 Å². The highest BCUT2D eigenvalue weighted by atomic mass is 16.5. The molecule has 0 spiro atoms. The molecule has 106 valence electrons. The van der Waals surface area contributed by atoms with Crippen LogP contribution in [0.5, 0.6) is 5.75 Å². The quantitative estimate of drug-likeness (QED) is 0.874. The van der Waals surface area contributed by atoms with Gasteiger partial charge in [-0.05, 0) is 44.5 Å². The first-order valence-corrected chi connectivity index (χ1v) is 6.63. The summed E-state index contributed by atoms with van der Waals surface area (Å²) in [6, 6.07) is 7.82. The van der Waals surface area contributed by atoms with Gasteiger partial charge in [0.2, 0.25) is 5.95 Å². The minimum absolute atomic E-state index is 0.640. The van der Waals surface area contributed by atoms with Crippen molar-refractivity contribution in [1.82, 2.24) is 9.97 Å². The zero-order valence-electron chi connectivity index (χ0n) is 12.3. The van der Waals surface area contributed by atoms with E-state index < -0.39 is 0 Å². The summed E-state index contributed by atoms with van der Waals surface area (Å²) >= 11 is 0. The molecule has 5 heteroatoms. The molecule has 0 fully saturated rings.